The SMILES string of the molecule is NC(=O)C(N)CCCCCF. The van der Waals surface area contributed by atoms with Gasteiger partial charge < -0.3 is 11.5 Å². The van der Waals surface area contributed by atoms with Crippen LogP contribution in [0.1, 0.15) is 25.7 Å². The van der Waals surface area contributed by atoms with Gasteiger partial charge in [-0.2, -0.15) is 0 Å². The first-order valence-electron chi connectivity index (χ1n) is 3.79. The molecular formula is C7H15FN2O. The lowest BCUT2D eigenvalue weighted by Gasteiger charge is -2.05. The Balaban J connectivity index is 3.17. The number of rotatable bonds is 6. The predicted molar refractivity (Wildman–Crippen MR) is 41.6 cm³/mol. The maximum Gasteiger partial charge on any atom is 0.234 e. The van der Waals surface area contributed by atoms with E-state index < -0.39 is 11.9 Å². The minimum absolute atomic E-state index is 0.300. The van der Waals surface area contributed by atoms with Crippen LogP contribution in [-0.2, 0) is 4.79 Å². The van der Waals surface area contributed by atoms with Crippen LogP contribution in [0.4, 0.5) is 4.39 Å². The van der Waals surface area contributed by atoms with Crippen LogP contribution in [-0.4, -0.2) is 18.6 Å². The number of amides is 1. The highest BCUT2D eigenvalue weighted by atomic mass is 19.1. The zero-order valence-electron chi connectivity index (χ0n) is 6.55. The maximum absolute atomic E-state index is 11.6. The van der Waals surface area contributed by atoms with Crippen LogP contribution < -0.4 is 11.5 Å². The molecule has 11 heavy (non-hydrogen) atoms. The number of hydrogen-bond acceptors (Lipinski definition) is 2. The van der Waals surface area contributed by atoms with Crippen LogP contribution in [0.25, 0.3) is 0 Å². The molecule has 4 N–H and O–H groups in total. The summed E-state index contributed by atoms with van der Waals surface area (Å²) in [7, 11) is 0. The van der Waals surface area contributed by atoms with Gasteiger partial charge >= 0.3 is 0 Å². The van der Waals surface area contributed by atoms with Crippen molar-refractivity contribution in [2.24, 2.45) is 11.5 Å². The summed E-state index contributed by atoms with van der Waals surface area (Å²) < 4.78 is 11.6. The predicted octanol–water partition coefficient (Wildman–Crippen LogP) is 0.329. The largest absolute Gasteiger partial charge is 0.368 e. The standard InChI is InChI=1S/C7H15FN2O/c8-5-3-1-2-4-6(9)7(10)11/h6H,1-5,9H2,(H2,10,11). The van der Waals surface area contributed by atoms with Gasteiger partial charge in [-0.15, -0.1) is 0 Å². The highest BCUT2D eigenvalue weighted by Crippen LogP contribution is 2.01. The smallest absolute Gasteiger partial charge is 0.234 e. The molecular weight excluding hydrogens is 147 g/mol. The number of hydrogen-bond donors (Lipinski definition) is 2. The summed E-state index contributed by atoms with van der Waals surface area (Å²) >= 11 is 0. The molecule has 0 aromatic heterocycles. The summed E-state index contributed by atoms with van der Waals surface area (Å²) in [6.07, 6.45) is 2.66. The van der Waals surface area contributed by atoms with E-state index in [-0.39, 0.29) is 6.67 Å². The monoisotopic (exact) mass is 162 g/mol. The fraction of sp³-hybridized carbons (Fsp3) is 0.857. The first kappa shape index (κ1) is 10.4. The van der Waals surface area contributed by atoms with E-state index in [1.54, 1.807) is 0 Å². The average molecular weight is 162 g/mol. The molecule has 1 unspecified atom stereocenters. The van der Waals surface area contributed by atoms with Gasteiger partial charge in [0, 0.05) is 0 Å². The molecule has 3 nitrogen and oxygen atoms in total. The van der Waals surface area contributed by atoms with Crippen LogP contribution >= 0.6 is 0 Å². The quantitative estimate of drug-likeness (QED) is 0.552. The molecule has 0 heterocycles. The third-order valence-corrected chi connectivity index (χ3v) is 1.51. The molecule has 0 bridgehead atoms. The summed E-state index contributed by atoms with van der Waals surface area (Å²) in [5, 5.41) is 0. The van der Waals surface area contributed by atoms with Crippen molar-refractivity contribution < 1.29 is 9.18 Å². The Morgan fingerprint density at radius 1 is 1.36 bits per heavy atom. The van der Waals surface area contributed by atoms with Crippen molar-refractivity contribution in [2.75, 3.05) is 6.67 Å². The van der Waals surface area contributed by atoms with Crippen molar-refractivity contribution >= 4 is 5.91 Å². The highest BCUT2D eigenvalue weighted by molar-refractivity contribution is 5.79. The van der Waals surface area contributed by atoms with Gasteiger partial charge in [0.15, 0.2) is 0 Å². The van der Waals surface area contributed by atoms with Gasteiger partial charge in [-0.1, -0.05) is 12.8 Å². The van der Waals surface area contributed by atoms with E-state index in [0.29, 0.717) is 12.8 Å². The summed E-state index contributed by atoms with van der Waals surface area (Å²) in [5.41, 5.74) is 10.2. The van der Waals surface area contributed by atoms with E-state index in [9.17, 15) is 9.18 Å². The first-order valence-corrected chi connectivity index (χ1v) is 3.79. The molecule has 0 aromatic carbocycles. The Hall–Kier alpha value is -0.640. The molecule has 0 rings (SSSR count). The van der Waals surface area contributed by atoms with E-state index in [1.807, 2.05) is 0 Å². The van der Waals surface area contributed by atoms with E-state index in [1.165, 1.54) is 0 Å². The summed E-state index contributed by atoms with van der Waals surface area (Å²) in [4.78, 5) is 10.4. The summed E-state index contributed by atoms with van der Waals surface area (Å²) in [6, 6.07) is -0.561. The fourth-order valence-electron chi connectivity index (χ4n) is 0.778. The molecule has 0 aliphatic carbocycles. The molecule has 0 saturated heterocycles. The second-order valence-corrected chi connectivity index (χ2v) is 2.55. The minimum Gasteiger partial charge on any atom is -0.368 e. The van der Waals surface area contributed by atoms with E-state index in [2.05, 4.69) is 0 Å². The van der Waals surface area contributed by atoms with Crippen LogP contribution in [0.2, 0.25) is 0 Å². The second-order valence-electron chi connectivity index (χ2n) is 2.55. The summed E-state index contributed by atoms with van der Waals surface area (Å²) in [6.45, 7) is -0.300. The lowest BCUT2D eigenvalue weighted by Crippen LogP contribution is -2.36. The van der Waals surface area contributed by atoms with Gasteiger partial charge in [0.25, 0.3) is 0 Å². The van der Waals surface area contributed by atoms with Gasteiger partial charge in [-0.05, 0) is 12.8 Å². The van der Waals surface area contributed by atoms with Crippen LogP contribution in [0.15, 0.2) is 0 Å². The Kier molecular flexibility index (Phi) is 5.74. The number of carbonyl (C=O) groups is 1. The lowest BCUT2D eigenvalue weighted by atomic mass is 10.1. The van der Waals surface area contributed by atoms with Crippen LogP contribution in [0.5, 0.6) is 0 Å². The van der Waals surface area contributed by atoms with Crippen molar-refractivity contribution in [2.45, 2.75) is 31.7 Å². The topological polar surface area (TPSA) is 69.1 Å². The van der Waals surface area contributed by atoms with Gasteiger partial charge in [-0.3, -0.25) is 9.18 Å². The van der Waals surface area contributed by atoms with Crippen molar-refractivity contribution in [3.63, 3.8) is 0 Å². The zero-order valence-corrected chi connectivity index (χ0v) is 6.55. The fourth-order valence-corrected chi connectivity index (χ4v) is 0.778. The van der Waals surface area contributed by atoms with Crippen molar-refractivity contribution in [1.29, 1.82) is 0 Å². The van der Waals surface area contributed by atoms with Crippen molar-refractivity contribution in [3.05, 3.63) is 0 Å². The van der Waals surface area contributed by atoms with Crippen LogP contribution in [0.3, 0.4) is 0 Å². The molecule has 66 valence electrons. The third kappa shape index (κ3) is 5.79. The Morgan fingerprint density at radius 2 is 2.00 bits per heavy atom. The molecule has 1 amide bonds. The van der Waals surface area contributed by atoms with Crippen molar-refractivity contribution in [1.82, 2.24) is 0 Å². The Labute approximate surface area is 65.9 Å². The molecule has 0 aliphatic rings. The normalized spacial score (nSPS) is 12.9. The molecule has 0 spiro atoms. The molecule has 0 saturated carbocycles. The van der Waals surface area contributed by atoms with E-state index >= 15 is 0 Å². The molecule has 4 heteroatoms. The van der Waals surface area contributed by atoms with Gasteiger partial charge in [0.1, 0.15) is 0 Å². The number of nitrogens with two attached hydrogens (primary N) is 2. The number of primary amides is 1. The maximum atomic E-state index is 11.6. The molecule has 0 fully saturated rings. The lowest BCUT2D eigenvalue weighted by molar-refractivity contribution is -0.119. The molecule has 0 aromatic rings. The minimum atomic E-state index is -0.561. The highest BCUT2D eigenvalue weighted by Gasteiger charge is 2.07. The Morgan fingerprint density at radius 3 is 2.45 bits per heavy atom. The van der Waals surface area contributed by atoms with E-state index in [4.69, 9.17) is 11.5 Å². The molecule has 0 radical (unpaired) electrons. The zero-order chi connectivity index (χ0) is 8.69. The van der Waals surface area contributed by atoms with E-state index in [0.717, 1.165) is 12.8 Å². The average Bonchev–Trinajstić information content (AvgIpc) is 1.97. The van der Waals surface area contributed by atoms with Crippen molar-refractivity contribution in [3.8, 4) is 0 Å². The molecule has 1 atom stereocenters. The van der Waals surface area contributed by atoms with Gasteiger partial charge in [0.2, 0.25) is 5.91 Å². The Bertz CT molecular complexity index is 119. The van der Waals surface area contributed by atoms with Gasteiger partial charge in [-0.25, -0.2) is 0 Å². The number of unbranched alkanes of at least 4 members (excludes halogenated alkanes) is 2. The second kappa shape index (κ2) is 6.09. The molecule has 0 aliphatic heterocycles. The summed E-state index contributed by atoms with van der Waals surface area (Å²) in [5.74, 6) is -0.481. The number of carbonyl (C=O) groups excluding carboxylic acids is 1. The van der Waals surface area contributed by atoms with Crippen LogP contribution in [0, 0.1) is 0 Å². The third-order valence-electron chi connectivity index (χ3n) is 1.51. The number of alkyl halides is 1. The number of halogens is 1. The first-order chi connectivity index (χ1) is 5.18. The van der Waals surface area contributed by atoms with Gasteiger partial charge in [0.05, 0.1) is 12.7 Å².